The van der Waals surface area contributed by atoms with Crippen LogP contribution in [0.5, 0.6) is 0 Å². The second kappa shape index (κ2) is 5.77. The van der Waals surface area contributed by atoms with Crippen molar-refractivity contribution in [1.82, 2.24) is 5.32 Å². The average molecular weight is 240 g/mol. The molecule has 1 N–H and O–H groups in total. The van der Waals surface area contributed by atoms with Gasteiger partial charge in [0, 0.05) is 16.5 Å². The minimum atomic E-state index is -0.371. The Hall–Kier alpha value is -1.42. The lowest BCUT2D eigenvalue weighted by molar-refractivity contribution is 0.0670. The van der Waals surface area contributed by atoms with E-state index in [1.54, 1.807) is 0 Å². The van der Waals surface area contributed by atoms with E-state index in [-0.39, 0.29) is 23.8 Å². The number of ether oxygens (including phenoxy) is 1. The minimum Gasteiger partial charge on any atom is -0.446 e. The lowest BCUT2D eigenvalue weighted by Gasteiger charge is -2.27. The molecule has 0 atom stereocenters. The number of carbonyl (C=O) groups excluding carboxylic acids is 1. The van der Waals surface area contributed by atoms with Crippen LogP contribution in [0, 0.1) is 0 Å². The molecule has 0 aliphatic heterocycles. The smallest absolute Gasteiger partial charge is 0.407 e. The fraction of sp³-hybridized carbons (Fsp3) is 0.909. The van der Waals surface area contributed by atoms with Crippen LogP contribution in [0.1, 0.15) is 46.5 Å². The Morgan fingerprint density at radius 1 is 1.35 bits per heavy atom. The minimum absolute atomic E-state index is 0.0532. The Morgan fingerprint density at radius 2 is 1.94 bits per heavy atom. The third-order valence-electron chi connectivity index (χ3n) is 2.61. The first-order valence-electron chi connectivity index (χ1n) is 5.94. The topological polar surface area (TPSA) is 87.1 Å². The number of hydrogen-bond donors (Lipinski definition) is 1. The van der Waals surface area contributed by atoms with Gasteiger partial charge in [0.25, 0.3) is 0 Å². The van der Waals surface area contributed by atoms with Gasteiger partial charge in [0.1, 0.15) is 6.10 Å². The van der Waals surface area contributed by atoms with E-state index in [2.05, 4.69) is 15.3 Å². The summed E-state index contributed by atoms with van der Waals surface area (Å²) in [6.07, 6.45) is 2.68. The van der Waals surface area contributed by atoms with Gasteiger partial charge in [-0.25, -0.2) is 4.79 Å². The first kappa shape index (κ1) is 13.6. The van der Waals surface area contributed by atoms with Crippen LogP contribution in [0.25, 0.3) is 10.4 Å². The largest absolute Gasteiger partial charge is 0.446 e. The van der Waals surface area contributed by atoms with Crippen LogP contribution in [0.3, 0.4) is 0 Å². The van der Waals surface area contributed by atoms with Gasteiger partial charge in [0.2, 0.25) is 0 Å². The molecule has 1 rings (SSSR count). The number of azide groups is 1. The lowest BCUT2D eigenvalue weighted by Crippen LogP contribution is -2.42. The molecular formula is C11H20N4O2. The van der Waals surface area contributed by atoms with Crippen molar-refractivity contribution in [3.8, 4) is 0 Å². The van der Waals surface area contributed by atoms with E-state index >= 15 is 0 Å². The third kappa shape index (κ3) is 5.45. The molecule has 96 valence electrons. The van der Waals surface area contributed by atoms with Crippen molar-refractivity contribution in [2.75, 3.05) is 0 Å². The van der Waals surface area contributed by atoms with E-state index in [9.17, 15) is 4.79 Å². The summed E-state index contributed by atoms with van der Waals surface area (Å²) < 4.78 is 5.31. The number of carbonyl (C=O) groups is 1. The highest BCUT2D eigenvalue weighted by molar-refractivity contribution is 5.68. The number of nitrogens with one attached hydrogen (secondary N) is 1. The van der Waals surface area contributed by atoms with Crippen LogP contribution in [0.2, 0.25) is 0 Å². The molecule has 6 heteroatoms. The SMILES string of the molecule is CC(C)(C)NC(=O)OC1CCC(N=[N+]=[N-])CC1. The molecule has 0 aromatic rings. The number of amides is 1. The van der Waals surface area contributed by atoms with Crippen LogP contribution in [-0.4, -0.2) is 23.8 Å². The highest BCUT2D eigenvalue weighted by Gasteiger charge is 2.24. The zero-order chi connectivity index (χ0) is 12.9. The van der Waals surface area contributed by atoms with E-state index in [0.29, 0.717) is 0 Å². The van der Waals surface area contributed by atoms with Gasteiger partial charge in [-0.2, -0.15) is 0 Å². The first-order valence-corrected chi connectivity index (χ1v) is 5.94. The summed E-state index contributed by atoms with van der Waals surface area (Å²) in [4.78, 5) is 14.3. The van der Waals surface area contributed by atoms with Gasteiger partial charge < -0.3 is 10.1 Å². The average Bonchev–Trinajstić information content (AvgIpc) is 2.18. The molecule has 1 aliphatic rings. The summed E-state index contributed by atoms with van der Waals surface area (Å²) in [5.41, 5.74) is 8.04. The molecule has 0 bridgehead atoms. The Balaban J connectivity index is 2.31. The number of nitrogens with zero attached hydrogens (tertiary/aromatic N) is 3. The van der Waals surface area contributed by atoms with Crippen LogP contribution in [0.15, 0.2) is 5.11 Å². The predicted octanol–water partition coefficient (Wildman–Crippen LogP) is 3.13. The molecule has 0 heterocycles. The van der Waals surface area contributed by atoms with Gasteiger partial charge in [0.15, 0.2) is 0 Å². The first-order chi connectivity index (χ1) is 7.90. The standard InChI is InChI=1S/C11H20N4O2/c1-11(2,3)13-10(16)17-9-6-4-8(5-7-9)14-15-12/h8-9H,4-7H2,1-3H3,(H,13,16). The molecule has 1 amide bonds. The summed E-state index contributed by atoms with van der Waals surface area (Å²) in [6.45, 7) is 5.73. The number of alkyl carbamates (subject to hydrolysis) is 1. The van der Waals surface area contributed by atoms with Crippen LogP contribution < -0.4 is 5.32 Å². The van der Waals surface area contributed by atoms with Gasteiger partial charge in [0.05, 0.1) is 0 Å². The summed E-state index contributed by atoms with van der Waals surface area (Å²) in [6, 6.07) is 0.0607. The van der Waals surface area contributed by atoms with E-state index in [1.807, 2.05) is 20.8 Å². The van der Waals surface area contributed by atoms with Crippen molar-refractivity contribution in [2.45, 2.75) is 64.1 Å². The molecule has 0 unspecified atom stereocenters. The van der Waals surface area contributed by atoms with Gasteiger partial charge in [-0.1, -0.05) is 5.11 Å². The molecule has 0 radical (unpaired) electrons. The molecule has 0 aromatic heterocycles. The molecule has 1 fully saturated rings. The maximum absolute atomic E-state index is 11.5. The van der Waals surface area contributed by atoms with Gasteiger partial charge >= 0.3 is 6.09 Å². The Bertz CT molecular complexity index is 310. The molecule has 1 saturated carbocycles. The highest BCUT2D eigenvalue weighted by atomic mass is 16.6. The van der Waals surface area contributed by atoms with Crippen molar-refractivity contribution in [1.29, 1.82) is 0 Å². The fourth-order valence-corrected chi connectivity index (χ4v) is 1.84. The summed E-state index contributed by atoms with van der Waals surface area (Å²) >= 11 is 0. The Labute approximate surface area is 101 Å². The molecule has 1 aliphatic carbocycles. The number of rotatable bonds is 2. The van der Waals surface area contributed by atoms with E-state index < -0.39 is 0 Å². The van der Waals surface area contributed by atoms with Gasteiger partial charge in [-0.15, -0.1) is 0 Å². The van der Waals surface area contributed by atoms with Crippen LogP contribution >= 0.6 is 0 Å². The maximum atomic E-state index is 11.5. The van der Waals surface area contributed by atoms with Crippen LogP contribution in [-0.2, 0) is 4.74 Å². The van der Waals surface area contributed by atoms with Gasteiger partial charge in [-0.3, -0.25) is 0 Å². The lowest BCUT2D eigenvalue weighted by atomic mass is 9.94. The van der Waals surface area contributed by atoms with Crippen molar-refractivity contribution >= 4 is 6.09 Å². The quantitative estimate of drug-likeness (QED) is 0.456. The molecule has 0 saturated heterocycles. The second-order valence-electron chi connectivity index (χ2n) is 5.42. The predicted molar refractivity (Wildman–Crippen MR) is 64.6 cm³/mol. The van der Waals surface area contributed by atoms with Crippen molar-refractivity contribution < 1.29 is 9.53 Å². The van der Waals surface area contributed by atoms with E-state index in [4.69, 9.17) is 10.3 Å². The third-order valence-corrected chi connectivity index (χ3v) is 2.61. The Morgan fingerprint density at radius 3 is 2.41 bits per heavy atom. The van der Waals surface area contributed by atoms with E-state index in [0.717, 1.165) is 25.7 Å². The second-order valence-corrected chi connectivity index (χ2v) is 5.42. The molecular weight excluding hydrogens is 220 g/mol. The monoisotopic (exact) mass is 240 g/mol. The Kier molecular flexibility index (Phi) is 4.63. The van der Waals surface area contributed by atoms with E-state index in [1.165, 1.54) is 0 Å². The highest BCUT2D eigenvalue weighted by Crippen LogP contribution is 2.23. The molecule has 17 heavy (non-hydrogen) atoms. The van der Waals surface area contributed by atoms with Crippen molar-refractivity contribution in [3.63, 3.8) is 0 Å². The maximum Gasteiger partial charge on any atom is 0.407 e. The molecule has 0 aromatic carbocycles. The van der Waals surface area contributed by atoms with Crippen molar-refractivity contribution in [2.24, 2.45) is 5.11 Å². The fourth-order valence-electron chi connectivity index (χ4n) is 1.84. The normalized spacial score (nSPS) is 24.6. The summed E-state index contributed by atoms with van der Waals surface area (Å²) in [7, 11) is 0. The van der Waals surface area contributed by atoms with Crippen LogP contribution in [0.4, 0.5) is 4.79 Å². The zero-order valence-electron chi connectivity index (χ0n) is 10.6. The summed E-state index contributed by atoms with van der Waals surface area (Å²) in [5.74, 6) is 0. The summed E-state index contributed by atoms with van der Waals surface area (Å²) in [5, 5.41) is 6.44. The van der Waals surface area contributed by atoms with Crippen molar-refractivity contribution in [3.05, 3.63) is 10.4 Å². The zero-order valence-corrected chi connectivity index (χ0v) is 10.6. The molecule has 6 nitrogen and oxygen atoms in total. The molecule has 0 spiro atoms. The van der Waals surface area contributed by atoms with Gasteiger partial charge in [-0.05, 0) is 52.0 Å². The number of hydrogen-bond acceptors (Lipinski definition) is 3.